The van der Waals surface area contributed by atoms with Gasteiger partial charge < -0.3 is 19.7 Å². The molecule has 6 heteroatoms. The molecule has 0 saturated carbocycles. The lowest BCUT2D eigenvalue weighted by Crippen LogP contribution is -2.39. The van der Waals surface area contributed by atoms with Gasteiger partial charge in [0.15, 0.2) is 0 Å². The minimum atomic E-state index is -1.96. The number of phenolic OH excluding ortho intramolecular Hbond substituents is 2. The third-order valence-corrected chi connectivity index (χ3v) is 3.66. The summed E-state index contributed by atoms with van der Waals surface area (Å²) < 4.78 is 11.2. The Hall–Kier alpha value is -3.54. The first-order chi connectivity index (χ1) is 12.7. The summed E-state index contributed by atoms with van der Waals surface area (Å²) in [6, 6.07) is 11.3. The highest BCUT2D eigenvalue weighted by Crippen LogP contribution is 2.38. The average molecular weight is 368 g/mol. The number of esters is 2. The van der Waals surface area contributed by atoms with Gasteiger partial charge in [0.1, 0.15) is 11.5 Å². The molecule has 27 heavy (non-hydrogen) atoms. The van der Waals surface area contributed by atoms with E-state index in [0.717, 1.165) is 0 Å². The molecule has 0 fully saturated rings. The predicted octanol–water partition coefficient (Wildman–Crippen LogP) is 3.54. The summed E-state index contributed by atoms with van der Waals surface area (Å²) in [7, 11) is 0. The molecule has 0 aliphatic heterocycles. The van der Waals surface area contributed by atoms with Crippen molar-refractivity contribution >= 4 is 11.9 Å². The molecule has 2 aromatic rings. The van der Waals surface area contributed by atoms with Crippen molar-refractivity contribution in [1.82, 2.24) is 0 Å². The minimum absolute atomic E-state index is 0.0178. The van der Waals surface area contributed by atoms with Crippen LogP contribution in [0.3, 0.4) is 0 Å². The van der Waals surface area contributed by atoms with Gasteiger partial charge in [-0.1, -0.05) is 13.2 Å². The second-order valence-electron chi connectivity index (χ2n) is 6.05. The molecule has 0 bridgehead atoms. The number of carbonyl (C=O) groups is 2. The number of benzene rings is 2. The van der Waals surface area contributed by atoms with Gasteiger partial charge in [-0.05, 0) is 62.4 Å². The van der Waals surface area contributed by atoms with Crippen molar-refractivity contribution in [3.05, 3.63) is 84.0 Å². The molecule has 0 heterocycles. The topological polar surface area (TPSA) is 93.1 Å². The Morgan fingerprint density at radius 3 is 1.30 bits per heavy atom. The fourth-order valence-electron chi connectivity index (χ4n) is 2.22. The van der Waals surface area contributed by atoms with Gasteiger partial charge in [0.25, 0.3) is 0 Å². The summed E-state index contributed by atoms with van der Waals surface area (Å²) in [4.78, 5) is 24.7. The predicted molar refractivity (Wildman–Crippen MR) is 98.8 cm³/mol. The molecule has 2 aromatic carbocycles. The van der Waals surface area contributed by atoms with E-state index in [1.54, 1.807) is 0 Å². The van der Waals surface area contributed by atoms with Gasteiger partial charge in [0.2, 0.25) is 0 Å². The Morgan fingerprint density at radius 2 is 1.04 bits per heavy atom. The maximum atomic E-state index is 12.4. The molecule has 2 rings (SSSR count). The molecule has 2 N–H and O–H groups in total. The standard InChI is InChI=1S/C21H20O6/c1-13(2)19(24)26-21(27-20(25)14(3)4,15-5-9-17(22)10-6-15)16-7-11-18(23)12-8-16/h5-12,22-23H,1,3H2,2,4H3. The minimum Gasteiger partial charge on any atom is -0.508 e. The maximum absolute atomic E-state index is 12.4. The summed E-state index contributed by atoms with van der Waals surface area (Å²) >= 11 is 0. The van der Waals surface area contributed by atoms with Gasteiger partial charge in [-0.3, -0.25) is 0 Å². The lowest BCUT2D eigenvalue weighted by Gasteiger charge is -2.33. The van der Waals surface area contributed by atoms with Crippen molar-refractivity contribution in [1.29, 1.82) is 0 Å². The Labute approximate surface area is 157 Å². The lowest BCUT2D eigenvalue weighted by atomic mass is 9.96. The third kappa shape index (κ3) is 4.36. The van der Waals surface area contributed by atoms with Crippen LogP contribution in [0.4, 0.5) is 0 Å². The molecule has 140 valence electrons. The van der Waals surface area contributed by atoms with E-state index in [1.165, 1.54) is 62.4 Å². The van der Waals surface area contributed by atoms with Crippen LogP contribution in [0.2, 0.25) is 0 Å². The van der Waals surface area contributed by atoms with Crippen molar-refractivity contribution in [2.24, 2.45) is 0 Å². The van der Waals surface area contributed by atoms with Crippen LogP contribution in [0.25, 0.3) is 0 Å². The Balaban J connectivity index is 2.73. The molecule has 0 atom stereocenters. The van der Waals surface area contributed by atoms with Gasteiger partial charge in [-0.2, -0.15) is 0 Å². The van der Waals surface area contributed by atoms with Crippen LogP contribution in [0.1, 0.15) is 25.0 Å². The van der Waals surface area contributed by atoms with E-state index in [4.69, 9.17) is 9.47 Å². The highest BCUT2D eigenvalue weighted by molar-refractivity contribution is 5.89. The van der Waals surface area contributed by atoms with Crippen molar-refractivity contribution in [3.63, 3.8) is 0 Å². The summed E-state index contributed by atoms with van der Waals surface area (Å²) in [5.41, 5.74) is 0.747. The summed E-state index contributed by atoms with van der Waals surface area (Å²) in [5, 5.41) is 19.2. The maximum Gasteiger partial charge on any atom is 0.336 e. The third-order valence-electron chi connectivity index (χ3n) is 3.66. The molecule has 0 spiro atoms. The van der Waals surface area contributed by atoms with Crippen molar-refractivity contribution in [2.75, 3.05) is 0 Å². The first-order valence-electron chi connectivity index (χ1n) is 8.02. The normalized spacial score (nSPS) is 10.7. The van der Waals surface area contributed by atoms with Gasteiger partial charge >= 0.3 is 17.7 Å². The second-order valence-corrected chi connectivity index (χ2v) is 6.05. The Kier molecular flexibility index (Phi) is 5.70. The molecule has 6 nitrogen and oxygen atoms in total. The van der Waals surface area contributed by atoms with E-state index >= 15 is 0 Å². The van der Waals surface area contributed by atoms with Crippen LogP contribution in [-0.2, 0) is 24.8 Å². The molecule has 0 aromatic heterocycles. The number of ether oxygens (including phenoxy) is 2. The fourth-order valence-corrected chi connectivity index (χ4v) is 2.22. The van der Waals surface area contributed by atoms with E-state index in [2.05, 4.69) is 13.2 Å². The number of aromatic hydroxyl groups is 2. The first kappa shape index (κ1) is 19.8. The van der Waals surface area contributed by atoms with E-state index in [0.29, 0.717) is 0 Å². The van der Waals surface area contributed by atoms with Crippen LogP contribution in [0.5, 0.6) is 11.5 Å². The van der Waals surface area contributed by atoms with Gasteiger partial charge in [0.05, 0.1) is 0 Å². The number of hydrogen-bond acceptors (Lipinski definition) is 6. The van der Waals surface area contributed by atoms with E-state index in [1.807, 2.05) is 0 Å². The molecule has 0 amide bonds. The molecule has 0 saturated heterocycles. The monoisotopic (exact) mass is 368 g/mol. The molecular weight excluding hydrogens is 348 g/mol. The van der Waals surface area contributed by atoms with Gasteiger partial charge in [-0.15, -0.1) is 0 Å². The molecule has 0 aliphatic carbocycles. The second kappa shape index (κ2) is 7.78. The summed E-state index contributed by atoms with van der Waals surface area (Å²) in [6.45, 7) is 10.0. The van der Waals surface area contributed by atoms with Crippen molar-refractivity contribution in [2.45, 2.75) is 19.6 Å². The molecule has 0 unspecified atom stereocenters. The molecular formula is C21H20O6. The molecule has 0 aliphatic rings. The largest absolute Gasteiger partial charge is 0.508 e. The highest BCUT2D eigenvalue weighted by atomic mass is 16.7. The van der Waals surface area contributed by atoms with Crippen LogP contribution in [0.15, 0.2) is 72.8 Å². The van der Waals surface area contributed by atoms with Crippen molar-refractivity contribution < 1.29 is 29.3 Å². The first-order valence-corrected chi connectivity index (χ1v) is 8.02. The zero-order valence-corrected chi connectivity index (χ0v) is 15.1. The number of rotatable bonds is 6. The Morgan fingerprint density at radius 1 is 0.741 bits per heavy atom. The highest BCUT2D eigenvalue weighted by Gasteiger charge is 2.43. The number of carbonyl (C=O) groups excluding carboxylic acids is 2. The van der Waals surface area contributed by atoms with Crippen LogP contribution in [-0.4, -0.2) is 22.2 Å². The molecule has 0 radical (unpaired) electrons. The summed E-state index contributed by atoms with van der Waals surface area (Å²) in [6.07, 6.45) is 0. The SMILES string of the molecule is C=C(C)C(=O)OC(OC(=O)C(=C)C)(c1ccc(O)cc1)c1ccc(O)cc1. The smallest absolute Gasteiger partial charge is 0.336 e. The van der Waals surface area contributed by atoms with Gasteiger partial charge in [-0.25, -0.2) is 9.59 Å². The van der Waals surface area contributed by atoms with Gasteiger partial charge in [0, 0.05) is 22.3 Å². The van der Waals surface area contributed by atoms with E-state index in [9.17, 15) is 19.8 Å². The average Bonchev–Trinajstić information content (AvgIpc) is 2.62. The fraction of sp³-hybridized carbons (Fsp3) is 0.143. The van der Waals surface area contributed by atoms with Crippen LogP contribution in [0, 0.1) is 0 Å². The van der Waals surface area contributed by atoms with E-state index in [-0.39, 0.29) is 33.8 Å². The van der Waals surface area contributed by atoms with Crippen LogP contribution >= 0.6 is 0 Å². The lowest BCUT2D eigenvalue weighted by molar-refractivity contribution is -0.213. The zero-order valence-electron chi connectivity index (χ0n) is 15.1. The van der Waals surface area contributed by atoms with Crippen molar-refractivity contribution in [3.8, 4) is 11.5 Å². The van der Waals surface area contributed by atoms with Crippen LogP contribution < -0.4 is 0 Å². The quantitative estimate of drug-likeness (QED) is 0.460. The Bertz CT molecular complexity index is 802. The van der Waals surface area contributed by atoms with E-state index < -0.39 is 17.7 Å². The number of hydrogen-bond donors (Lipinski definition) is 2. The summed E-state index contributed by atoms with van der Waals surface area (Å²) in [5.74, 6) is -3.57. The number of phenols is 2. The zero-order chi connectivity index (χ0) is 20.2.